The van der Waals surface area contributed by atoms with Gasteiger partial charge in [0, 0.05) is 38.1 Å². The topological polar surface area (TPSA) is 40.6 Å². The monoisotopic (exact) mass is 268 g/mol. The van der Waals surface area contributed by atoms with Gasteiger partial charge in [0.05, 0.1) is 5.75 Å². The lowest BCUT2D eigenvalue weighted by Gasteiger charge is -2.36. The summed E-state index contributed by atoms with van der Waals surface area (Å²) in [5.41, 5.74) is 0. The number of hydrogen-bond donors (Lipinski definition) is 0. The molecule has 0 spiro atoms. The Balaban J connectivity index is 2.47. The molecule has 0 aromatic heterocycles. The fourth-order valence-electron chi connectivity index (χ4n) is 1.86. The first-order chi connectivity index (χ1) is 7.47. The Kier molecular flexibility index (Phi) is 5.50. The van der Waals surface area contributed by atoms with Crippen LogP contribution in [0.25, 0.3) is 0 Å². The number of piperazine rings is 1. The lowest BCUT2D eigenvalue weighted by molar-refractivity contribution is 0.154. The quantitative estimate of drug-likeness (QED) is 0.698. The van der Waals surface area contributed by atoms with Crippen LogP contribution in [0.4, 0.5) is 0 Å². The highest BCUT2D eigenvalue weighted by Gasteiger charge is 2.26. The summed E-state index contributed by atoms with van der Waals surface area (Å²) in [4.78, 5) is 2.30. The highest BCUT2D eigenvalue weighted by Crippen LogP contribution is 2.11. The highest BCUT2D eigenvalue weighted by molar-refractivity contribution is 7.89. The zero-order chi connectivity index (χ0) is 12.2. The molecule has 0 aromatic carbocycles. The Morgan fingerprint density at radius 1 is 1.19 bits per heavy atom. The maximum absolute atomic E-state index is 11.9. The largest absolute Gasteiger partial charge is 0.298 e. The highest BCUT2D eigenvalue weighted by atomic mass is 35.5. The summed E-state index contributed by atoms with van der Waals surface area (Å²) in [6, 6.07) is 0.493. The maximum Gasteiger partial charge on any atom is 0.214 e. The van der Waals surface area contributed by atoms with Gasteiger partial charge >= 0.3 is 0 Å². The van der Waals surface area contributed by atoms with E-state index in [-0.39, 0.29) is 5.75 Å². The van der Waals surface area contributed by atoms with Crippen LogP contribution in [0.2, 0.25) is 0 Å². The van der Waals surface area contributed by atoms with Gasteiger partial charge in [-0.3, -0.25) is 4.90 Å². The molecule has 0 N–H and O–H groups in total. The molecule has 0 aliphatic carbocycles. The number of rotatable bonds is 5. The van der Waals surface area contributed by atoms with E-state index in [0.29, 0.717) is 31.4 Å². The molecule has 96 valence electrons. The first kappa shape index (κ1) is 14.2. The van der Waals surface area contributed by atoms with Gasteiger partial charge in [-0.05, 0) is 20.3 Å². The molecule has 1 aliphatic heterocycles. The summed E-state index contributed by atoms with van der Waals surface area (Å²) in [7, 11) is -3.07. The average Bonchev–Trinajstić information content (AvgIpc) is 2.26. The van der Waals surface area contributed by atoms with Crippen molar-refractivity contribution in [1.29, 1.82) is 0 Å². The van der Waals surface area contributed by atoms with Crippen molar-refractivity contribution in [3.63, 3.8) is 0 Å². The van der Waals surface area contributed by atoms with Crippen LogP contribution < -0.4 is 0 Å². The average molecular weight is 269 g/mol. The van der Waals surface area contributed by atoms with Crippen LogP contribution in [-0.4, -0.2) is 61.5 Å². The molecule has 1 rings (SSSR count). The van der Waals surface area contributed by atoms with Gasteiger partial charge in [0.2, 0.25) is 10.0 Å². The van der Waals surface area contributed by atoms with Crippen molar-refractivity contribution < 1.29 is 8.42 Å². The molecule has 0 atom stereocenters. The van der Waals surface area contributed by atoms with Crippen LogP contribution in [0.5, 0.6) is 0 Å². The standard InChI is InChI=1S/C10H21ClN2O2S/c1-10(2)12-5-7-13(8-6-12)16(14,15)9-3-4-11/h10H,3-9H2,1-2H3. The third kappa shape index (κ3) is 3.87. The van der Waals surface area contributed by atoms with E-state index >= 15 is 0 Å². The Hall–Kier alpha value is 0.160. The molecule has 0 saturated carbocycles. The van der Waals surface area contributed by atoms with E-state index in [2.05, 4.69) is 18.7 Å². The second-order valence-electron chi connectivity index (χ2n) is 4.39. The normalized spacial score (nSPS) is 20.5. The minimum absolute atomic E-state index is 0.179. The van der Waals surface area contributed by atoms with Crippen LogP contribution >= 0.6 is 11.6 Å². The number of sulfonamides is 1. The van der Waals surface area contributed by atoms with Gasteiger partial charge in [0.15, 0.2) is 0 Å². The lowest BCUT2D eigenvalue weighted by atomic mass is 10.3. The number of alkyl halides is 1. The van der Waals surface area contributed by atoms with Gasteiger partial charge < -0.3 is 0 Å². The number of hydrogen-bond acceptors (Lipinski definition) is 3. The van der Waals surface area contributed by atoms with Gasteiger partial charge in [-0.25, -0.2) is 8.42 Å². The maximum atomic E-state index is 11.9. The molecule has 16 heavy (non-hydrogen) atoms. The smallest absolute Gasteiger partial charge is 0.214 e. The molecule has 1 saturated heterocycles. The molecule has 0 unspecified atom stereocenters. The summed E-state index contributed by atoms with van der Waals surface area (Å²) in [6.45, 7) is 7.16. The third-order valence-electron chi connectivity index (χ3n) is 2.93. The van der Waals surface area contributed by atoms with Gasteiger partial charge in [-0.2, -0.15) is 4.31 Å². The van der Waals surface area contributed by atoms with Crippen molar-refractivity contribution in [2.24, 2.45) is 0 Å². The summed E-state index contributed by atoms with van der Waals surface area (Å²) in [5.74, 6) is 0.587. The summed E-state index contributed by atoms with van der Waals surface area (Å²) in [5, 5.41) is 0. The van der Waals surface area contributed by atoms with Crippen molar-refractivity contribution in [3.05, 3.63) is 0 Å². The number of halogens is 1. The van der Waals surface area contributed by atoms with E-state index in [9.17, 15) is 8.42 Å². The minimum Gasteiger partial charge on any atom is -0.298 e. The van der Waals surface area contributed by atoms with Crippen LogP contribution in [0.3, 0.4) is 0 Å². The molecule has 1 heterocycles. The first-order valence-corrected chi connectivity index (χ1v) is 7.89. The van der Waals surface area contributed by atoms with E-state index in [1.807, 2.05) is 0 Å². The fourth-order valence-corrected chi connectivity index (χ4v) is 3.64. The molecule has 1 aliphatic rings. The molecule has 0 amide bonds. The molecule has 1 fully saturated rings. The van der Waals surface area contributed by atoms with Crippen molar-refractivity contribution in [2.45, 2.75) is 26.3 Å². The van der Waals surface area contributed by atoms with Crippen molar-refractivity contribution in [2.75, 3.05) is 37.8 Å². The summed E-state index contributed by atoms with van der Waals surface area (Å²) in [6.07, 6.45) is 0.536. The second kappa shape index (κ2) is 6.19. The van der Waals surface area contributed by atoms with E-state index in [1.54, 1.807) is 4.31 Å². The minimum atomic E-state index is -3.07. The zero-order valence-corrected chi connectivity index (χ0v) is 11.6. The van der Waals surface area contributed by atoms with Crippen LogP contribution in [0, 0.1) is 0 Å². The number of nitrogens with zero attached hydrogens (tertiary/aromatic N) is 2. The van der Waals surface area contributed by atoms with Crippen molar-refractivity contribution in [3.8, 4) is 0 Å². The second-order valence-corrected chi connectivity index (χ2v) is 6.85. The molecular formula is C10H21ClN2O2S. The molecule has 0 radical (unpaired) electrons. The first-order valence-electron chi connectivity index (χ1n) is 5.75. The van der Waals surface area contributed by atoms with E-state index in [4.69, 9.17) is 11.6 Å². The Morgan fingerprint density at radius 3 is 2.19 bits per heavy atom. The lowest BCUT2D eigenvalue weighted by Crippen LogP contribution is -2.51. The van der Waals surface area contributed by atoms with E-state index < -0.39 is 10.0 Å². The molecular weight excluding hydrogens is 248 g/mol. The summed E-state index contributed by atoms with van der Waals surface area (Å²) >= 11 is 5.52. The predicted molar refractivity (Wildman–Crippen MR) is 67.4 cm³/mol. The van der Waals surface area contributed by atoms with Crippen LogP contribution in [0.1, 0.15) is 20.3 Å². The van der Waals surface area contributed by atoms with E-state index in [1.165, 1.54) is 0 Å². The third-order valence-corrected chi connectivity index (χ3v) is 5.16. The van der Waals surface area contributed by atoms with Gasteiger partial charge in [0.1, 0.15) is 0 Å². The molecule has 4 nitrogen and oxygen atoms in total. The van der Waals surface area contributed by atoms with Gasteiger partial charge in [-0.1, -0.05) is 0 Å². The van der Waals surface area contributed by atoms with Crippen molar-refractivity contribution >= 4 is 21.6 Å². The Labute approximate surface area is 104 Å². The van der Waals surface area contributed by atoms with Crippen molar-refractivity contribution in [1.82, 2.24) is 9.21 Å². The SMILES string of the molecule is CC(C)N1CCN(S(=O)(=O)CCCCl)CC1. The zero-order valence-electron chi connectivity index (χ0n) is 10.0. The summed E-state index contributed by atoms with van der Waals surface area (Å²) < 4.78 is 25.3. The predicted octanol–water partition coefficient (Wildman–Crippen LogP) is 0.971. The molecule has 6 heteroatoms. The van der Waals surface area contributed by atoms with Gasteiger partial charge in [-0.15, -0.1) is 11.6 Å². The van der Waals surface area contributed by atoms with Crippen LogP contribution in [0.15, 0.2) is 0 Å². The Bertz CT molecular complexity index is 298. The van der Waals surface area contributed by atoms with Gasteiger partial charge in [0.25, 0.3) is 0 Å². The molecule has 0 aromatic rings. The molecule has 0 bridgehead atoms. The fraction of sp³-hybridized carbons (Fsp3) is 1.00. The van der Waals surface area contributed by atoms with Crippen LogP contribution in [-0.2, 0) is 10.0 Å². The Morgan fingerprint density at radius 2 is 1.75 bits per heavy atom. The van der Waals surface area contributed by atoms with E-state index in [0.717, 1.165) is 13.1 Å².